The fourth-order valence-corrected chi connectivity index (χ4v) is 2.20. The Bertz CT molecular complexity index is 525. The lowest BCUT2D eigenvalue weighted by Crippen LogP contribution is -2.27. The molecule has 2 atom stereocenters. The quantitative estimate of drug-likeness (QED) is 0.780. The highest BCUT2D eigenvalue weighted by Crippen LogP contribution is 2.31. The van der Waals surface area contributed by atoms with Crippen LogP contribution < -0.4 is 5.73 Å². The van der Waals surface area contributed by atoms with Crippen LogP contribution in [0.25, 0.3) is 10.8 Å². The van der Waals surface area contributed by atoms with Gasteiger partial charge in [0.05, 0.1) is 6.10 Å². The molecule has 0 bridgehead atoms. The van der Waals surface area contributed by atoms with Gasteiger partial charge in [-0.15, -0.1) is 0 Å². The SMILES string of the molecule is NCC(O)C(O)c1cccc2cccc(Cl)c12. The third kappa shape index (κ3) is 2.28. The van der Waals surface area contributed by atoms with Crippen LogP contribution in [0.15, 0.2) is 36.4 Å². The van der Waals surface area contributed by atoms with Crippen molar-refractivity contribution in [1.29, 1.82) is 0 Å². The molecule has 0 heterocycles. The zero-order valence-corrected chi connectivity index (χ0v) is 9.93. The van der Waals surface area contributed by atoms with Crippen LogP contribution in [0.4, 0.5) is 0 Å². The molecule has 0 aliphatic carbocycles. The van der Waals surface area contributed by atoms with Gasteiger partial charge in [-0.25, -0.2) is 0 Å². The highest BCUT2D eigenvalue weighted by molar-refractivity contribution is 6.35. The molecule has 0 amide bonds. The number of benzene rings is 2. The molecule has 3 nitrogen and oxygen atoms in total. The van der Waals surface area contributed by atoms with Crippen LogP contribution in [-0.4, -0.2) is 22.9 Å². The Hall–Kier alpha value is -1.13. The Morgan fingerprint density at radius 2 is 1.76 bits per heavy atom. The van der Waals surface area contributed by atoms with E-state index in [9.17, 15) is 10.2 Å². The first-order chi connectivity index (χ1) is 8.15. The van der Waals surface area contributed by atoms with E-state index in [1.54, 1.807) is 12.1 Å². The van der Waals surface area contributed by atoms with Crippen LogP contribution in [0.1, 0.15) is 11.7 Å². The molecule has 0 fully saturated rings. The van der Waals surface area contributed by atoms with Crippen molar-refractivity contribution < 1.29 is 10.2 Å². The Morgan fingerprint density at radius 1 is 1.12 bits per heavy atom. The first-order valence-corrected chi connectivity index (χ1v) is 5.76. The number of nitrogens with two attached hydrogens (primary N) is 1. The van der Waals surface area contributed by atoms with E-state index in [1.165, 1.54) is 0 Å². The van der Waals surface area contributed by atoms with E-state index < -0.39 is 12.2 Å². The maximum Gasteiger partial charge on any atom is 0.107 e. The lowest BCUT2D eigenvalue weighted by molar-refractivity contribution is 0.0252. The molecule has 4 heteroatoms. The average molecular weight is 252 g/mol. The minimum atomic E-state index is -1.02. The number of aliphatic hydroxyl groups is 2. The van der Waals surface area contributed by atoms with Gasteiger partial charge in [-0.3, -0.25) is 0 Å². The summed E-state index contributed by atoms with van der Waals surface area (Å²) in [6, 6.07) is 11.0. The summed E-state index contributed by atoms with van der Waals surface area (Å²) in [5.74, 6) is 0. The van der Waals surface area contributed by atoms with Gasteiger partial charge in [0.25, 0.3) is 0 Å². The van der Waals surface area contributed by atoms with Crippen LogP contribution in [0, 0.1) is 0 Å². The second-order valence-corrected chi connectivity index (χ2v) is 4.34. The van der Waals surface area contributed by atoms with Crippen molar-refractivity contribution in [3.05, 3.63) is 47.0 Å². The molecule has 2 rings (SSSR count). The second-order valence-electron chi connectivity index (χ2n) is 3.93. The Morgan fingerprint density at radius 3 is 2.41 bits per heavy atom. The normalized spacial score (nSPS) is 14.8. The van der Waals surface area contributed by atoms with Crippen molar-refractivity contribution in [2.75, 3.05) is 6.54 Å². The number of hydrogen-bond donors (Lipinski definition) is 3. The molecule has 0 saturated heterocycles. The van der Waals surface area contributed by atoms with E-state index >= 15 is 0 Å². The molecule has 0 saturated carbocycles. The van der Waals surface area contributed by atoms with Crippen LogP contribution in [0.2, 0.25) is 5.02 Å². The summed E-state index contributed by atoms with van der Waals surface area (Å²) in [6.45, 7) is 0.00199. The predicted molar refractivity (Wildman–Crippen MR) is 69.0 cm³/mol. The molecule has 0 radical (unpaired) electrons. The van der Waals surface area contributed by atoms with E-state index in [2.05, 4.69) is 0 Å². The van der Waals surface area contributed by atoms with Crippen molar-refractivity contribution in [2.45, 2.75) is 12.2 Å². The summed E-state index contributed by atoms with van der Waals surface area (Å²) in [7, 11) is 0. The Kier molecular flexibility index (Phi) is 3.64. The molecule has 90 valence electrons. The predicted octanol–water partition coefficient (Wildman–Crippen LogP) is 1.85. The second kappa shape index (κ2) is 5.02. The van der Waals surface area contributed by atoms with Crippen molar-refractivity contribution in [2.24, 2.45) is 5.73 Å². The van der Waals surface area contributed by atoms with Crippen LogP contribution in [-0.2, 0) is 0 Å². The molecule has 2 unspecified atom stereocenters. The molecular formula is C13H14ClNO2. The first kappa shape index (κ1) is 12.3. The molecule has 0 spiro atoms. The van der Waals surface area contributed by atoms with Crippen molar-refractivity contribution >= 4 is 22.4 Å². The topological polar surface area (TPSA) is 66.5 Å². The third-order valence-electron chi connectivity index (χ3n) is 2.81. The highest BCUT2D eigenvalue weighted by Gasteiger charge is 2.19. The maximum absolute atomic E-state index is 10.0. The minimum absolute atomic E-state index is 0.00199. The summed E-state index contributed by atoms with van der Waals surface area (Å²) in [4.78, 5) is 0. The lowest BCUT2D eigenvalue weighted by Gasteiger charge is -2.18. The zero-order valence-electron chi connectivity index (χ0n) is 9.18. The van der Waals surface area contributed by atoms with Crippen LogP contribution in [0.5, 0.6) is 0 Å². The van der Waals surface area contributed by atoms with Gasteiger partial charge < -0.3 is 15.9 Å². The first-order valence-electron chi connectivity index (χ1n) is 5.38. The van der Waals surface area contributed by atoms with Crippen molar-refractivity contribution in [3.63, 3.8) is 0 Å². The van der Waals surface area contributed by atoms with Gasteiger partial charge in [0, 0.05) is 17.0 Å². The van der Waals surface area contributed by atoms with E-state index in [0.717, 1.165) is 10.8 Å². The third-order valence-corrected chi connectivity index (χ3v) is 3.13. The largest absolute Gasteiger partial charge is 0.389 e. The zero-order chi connectivity index (χ0) is 12.4. The summed E-state index contributed by atoms with van der Waals surface area (Å²) in [6.07, 6.45) is -2.01. The fraction of sp³-hybridized carbons (Fsp3) is 0.231. The molecule has 4 N–H and O–H groups in total. The van der Waals surface area contributed by atoms with Gasteiger partial charge in [-0.05, 0) is 17.0 Å². The van der Waals surface area contributed by atoms with Crippen LogP contribution >= 0.6 is 11.6 Å². The Labute approximate surface area is 104 Å². The Balaban J connectivity index is 2.61. The summed E-state index contributed by atoms with van der Waals surface area (Å²) < 4.78 is 0. The molecule has 0 aliphatic rings. The molecule has 0 aromatic heterocycles. The van der Waals surface area contributed by atoms with Gasteiger partial charge in [0.2, 0.25) is 0 Å². The number of fused-ring (bicyclic) bond motifs is 1. The van der Waals surface area contributed by atoms with E-state index in [-0.39, 0.29) is 6.54 Å². The maximum atomic E-state index is 10.0. The number of hydrogen-bond acceptors (Lipinski definition) is 3. The number of halogens is 1. The monoisotopic (exact) mass is 251 g/mol. The highest BCUT2D eigenvalue weighted by atomic mass is 35.5. The standard InChI is InChI=1S/C13H14ClNO2/c14-10-6-2-4-8-3-1-5-9(12(8)10)13(17)11(16)7-15/h1-6,11,13,16-17H,7,15H2. The van der Waals surface area contributed by atoms with Crippen LogP contribution in [0.3, 0.4) is 0 Å². The summed E-state index contributed by atoms with van der Waals surface area (Å²) in [5.41, 5.74) is 5.95. The molecular weight excluding hydrogens is 238 g/mol. The fourth-order valence-electron chi connectivity index (χ4n) is 1.91. The van der Waals surface area contributed by atoms with E-state index in [1.807, 2.05) is 24.3 Å². The molecule has 17 heavy (non-hydrogen) atoms. The van der Waals surface area contributed by atoms with Gasteiger partial charge in [0.1, 0.15) is 6.10 Å². The average Bonchev–Trinajstić information content (AvgIpc) is 2.36. The minimum Gasteiger partial charge on any atom is -0.389 e. The smallest absolute Gasteiger partial charge is 0.107 e. The molecule has 0 aliphatic heterocycles. The van der Waals surface area contributed by atoms with Gasteiger partial charge in [-0.1, -0.05) is 41.9 Å². The van der Waals surface area contributed by atoms with Gasteiger partial charge >= 0.3 is 0 Å². The lowest BCUT2D eigenvalue weighted by atomic mass is 9.97. The number of aliphatic hydroxyl groups excluding tert-OH is 2. The van der Waals surface area contributed by atoms with Gasteiger partial charge in [-0.2, -0.15) is 0 Å². The van der Waals surface area contributed by atoms with E-state index in [0.29, 0.717) is 10.6 Å². The molecule has 2 aromatic carbocycles. The van der Waals surface area contributed by atoms with Crippen molar-refractivity contribution in [3.8, 4) is 0 Å². The molecule has 2 aromatic rings. The summed E-state index contributed by atoms with van der Waals surface area (Å²) >= 11 is 6.13. The van der Waals surface area contributed by atoms with Crippen molar-refractivity contribution in [1.82, 2.24) is 0 Å². The van der Waals surface area contributed by atoms with E-state index in [4.69, 9.17) is 17.3 Å². The summed E-state index contributed by atoms with van der Waals surface area (Å²) in [5, 5.41) is 21.9. The number of rotatable bonds is 3. The van der Waals surface area contributed by atoms with Gasteiger partial charge in [0.15, 0.2) is 0 Å².